The molecule has 154 valence electrons. The number of benzene rings is 1. The smallest absolute Gasteiger partial charge is 0.422 e. The summed E-state index contributed by atoms with van der Waals surface area (Å²) in [4.78, 5) is 13.8. The molecule has 0 saturated carbocycles. The molecule has 29 heavy (non-hydrogen) atoms. The highest BCUT2D eigenvalue weighted by atomic mass is 32.1. The minimum atomic E-state index is -4.37. The first-order valence-corrected chi connectivity index (χ1v) is 9.87. The normalized spacial score (nSPS) is 11.5. The third-order valence-corrected chi connectivity index (χ3v) is 5.35. The number of rotatable bonds is 7. The van der Waals surface area contributed by atoms with Gasteiger partial charge in [0.1, 0.15) is 5.75 Å². The molecule has 1 aromatic carbocycles. The van der Waals surface area contributed by atoms with Gasteiger partial charge >= 0.3 is 6.18 Å². The molecule has 0 radical (unpaired) electrons. The molecule has 0 fully saturated rings. The van der Waals surface area contributed by atoms with Gasteiger partial charge in [-0.05, 0) is 49.1 Å². The number of carbonyl (C=O) groups is 1. The Balaban J connectivity index is 1.59. The van der Waals surface area contributed by atoms with E-state index in [1.165, 1.54) is 17.0 Å². The SMILES string of the molecule is Cc1cc(C(=O)NCc2ccc(OCC(F)(F)F)cc2)c(C)n1Cc1cccs1. The van der Waals surface area contributed by atoms with Crippen LogP contribution in [-0.2, 0) is 13.1 Å². The maximum absolute atomic E-state index is 12.6. The van der Waals surface area contributed by atoms with Gasteiger partial charge in [-0.2, -0.15) is 13.2 Å². The van der Waals surface area contributed by atoms with Gasteiger partial charge in [-0.1, -0.05) is 18.2 Å². The van der Waals surface area contributed by atoms with E-state index >= 15 is 0 Å². The van der Waals surface area contributed by atoms with Crippen molar-refractivity contribution >= 4 is 17.2 Å². The molecule has 3 aromatic rings. The molecule has 0 aliphatic rings. The minimum Gasteiger partial charge on any atom is -0.484 e. The number of aryl methyl sites for hydroxylation is 1. The van der Waals surface area contributed by atoms with Crippen LogP contribution in [0, 0.1) is 13.8 Å². The number of ether oxygens (including phenoxy) is 1. The number of halogens is 3. The lowest BCUT2D eigenvalue weighted by Gasteiger charge is -2.10. The molecule has 3 rings (SSSR count). The number of thiophene rings is 1. The van der Waals surface area contributed by atoms with Crippen molar-refractivity contribution in [1.29, 1.82) is 0 Å². The Morgan fingerprint density at radius 1 is 1.17 bits per heavy atom. The lowest BCUT2D eigenvalue weighted by molar-refractivity contribution is -0.153. The summed E-state index contributed by atoms with van der Waals surface area (Å²) in [7, 11) is 0. The van der Waals surface area contributed by atoms with Crippen molar-refractivity contribution < 1.29 is 22.7 Å². The third-order valence-electron chi connectivity index (χ3n) is 4.49. The van der Waals surface area contributed by atoms with Gasteiger partial charge in [0.05, 0.1) is 12.1 Å². The van der Waals surface area contributed by atoms with Crippen molar-refractivity contribution in [1.82, 2.24) is 9.88 Å². The minimum absolute atomic E-state index is 0.134. The van der Waals surface area contributed by atoms with Crippen LogP contribution in [0.5, 0.6) is 5.75 Å². The predicted octanol–water partition coefficient (Wildman–Crippen LogP) is 5.09. The number of hydrogen-bond acceptors (Lipinski definition) is 3. The number of amides is 1. The van der Waals surface area contributed by atoms with Crippen molar-refractivity contribution in [3.8, 4) is 5.75 Å². The maximum Gasteiger partial charge on any atom is 0.422 e. The van der Waals surface area contributed by atoms with E-state index in [0.29, 0.717) is 5.56 Å². The van der Waals surface area contributed by atoms with Crippen LogP contribution in [0.25, 0.3) is 0 Å². The number of nitrogens with one attached hydrogen (secondary N) is 1. The molecule has 2 aromatic heterocycles. The molecule has 0 aliphatic carbocycles. The second-order valence-electron chi connectivity index (χ2n) is 6.68. The van der Waals surface area contributed by atoms with Crippen LogP contribution in [-0.4, -0.2) is 23.3 Å². The summed E-state index contributed by atoms with van der Waals surface area (Å²) in [6.45, 7) is 3.55. The largest absolute Gasteiger partial charge is 0.484 e. The Hall–Kier alpha value is -2.74. The predicted molar refractivity (Wildman–Crippen MR) is 106 cm³/mol. The Labute approximate surface area is 170 Å². The second-order valence-corrected chi connectivity index (χ2v) is 7.71. The van der Waals surface area contributed by atoms with Gasteiger partial charge in [-0.25, -0.2) is 0 Å². The number of aromatic nitrogens is 1. The van der Waals surface area contributed by atoms with Crippen LogP contribution >= 0.6 is 11.3 Å². The van der Waals surface area contributed by atoms with Gasteiger partial charge in [0.15, 0.2) is 6.61 Å². The Kier molecular flexibility index (Phi) is 6.32. The highest BCUT2D eigenvalue weighted by molar-refractivity contribution is 7.09. The zero-order valence-corrected chi connectivity index (χ0v) is 16.9. The fourth-order valence-corrected chi connectivity index (χ4v) is 3.67. The molecule has 1 N–H and O–H groups in total. The lowest BCUT2D eigenvalue weighted by Crippen LogP contribution is -2.23. The quantitative estimate of drug-likeness (QED) is 0.577. The summed E-state index contributed by atoms with van der Waals surface area (Å²) in [6.07, 6.45) is -4.37. The van der Waals surface area contributed by atoms with Gasteiger partial charge in [-0.15, -0.1) is 11.3 Å². The molecule has 4 nitrogen and oxygen atoms in total. The molecule has 0 atom stereocenters. The molecule has 0 aliphatic heterocycles. The zero-order chi connectivity index (χ0) is 21.0. The molecular weight excluding hydrogens is 401 g/mol. The van der Waals surface area contributed by atoms with E-state index in [2.05, 4.69) is 20.7 Å². The first-order chi connectivity index (χ1) is 13.7. The van der Waals surface area contributed by atoms with Crippen LogP contribution in [0.3, 0.4) is 0 Å². The topological polar surface area (TPSA) is 43.3 Å². The second kappa shape index (κ2) is 8.73. The van der Waals surface area contributed by atoms with Gasteiger partial charge in [0.25, 0.3) is 5.91 Å². The summed E-state index contributed by atoms with van der Waals surface area (Å²) in [5.41, 5.74) is 3.28. The summed E-state index contributed by atoms with van der Waals surface area (Å²) in [5, 5.41) is 4.89. The Morgan fingerprint density at radius 3 is 2.52 bits per heavy atom. The van der Waals surface area contributed by atoms with Crippen molar-refractivity contribution in [2.75, 3.05) is 6.61 Å². The molecule has 1 amide bonds. The number of alkyl halides is 3. The summed E-state index contributed by atoms with van der Waals surface area (Å²) < 4.78 is 43.3. The van der Waals surface area contributed by atoms with Crippen molar-refractivity contribution in [2.45, 2.75) is 33.1 Å². The van der Waals surface area contributed by atoms with E-state index in [9.17, 15) is 18.0 Å². The Morgan fingerprint density at radius 2 is 1.90 bits per heavy atom. The van der Waals surface area contributed by atoms with Crippen LogP contribution in [0.4, 0.5) is 13.2 Å². The van der Waals surface area contributed by atoms with Crippen LogP contribution in [0.15, 0.2) is 47.8 Å². The zero-order valence-electron chi connectivity index (χ0n) is 16.0. The molecule has 0 saturated heterocycles. The van der Waals surface area contributed by atoms with Crippen LogP contribution in [0.1, 0.15) is 32.2 Å². The van der Waals surface area contributed by atoms with Crippen LogP contribution < -0.4 is 10.1 Å². The lowest BCUT2D eigenvalue weighted by atomic mass is 10.2. The van der Waals surface area contributed by atoms with Crippen LogP contribution in [0.2, 0.25) is 0 Å². The summed E-state index contributed by atoms with van der Waals surface area (Å²) in [6, 6.07) is 12.1. The molecular formula is C21H21F3N2O2S. The Bertz CT molecular complexity index is 961. The van der Waals surface area contributed by atoms with E-state index < -0.39 is 12.8 Å². The molecule has 2 heterocycles. The van der Waals surface area contributed by atoms with E-state index in [1.54, 1.807) is 23.5 Å². The number of nitrogens with zero attached hydrogens (tertiary/aromatic N) is 1. The average Bonchev–Trinajstić information content (AvgIpc) is 3.28. The van der Waals surface area contributed by atoms with Gasteiger partial charge in [-0.3, -0.25) is 4.79 Å². The fraction of sp³-hybridized carbons (Fsp3) is 0.286. The van der Waals surface area contributed by atoms with Crippen molar-refractivity contribution in [2.24, 2.45) is 0 Å². The van der Waals surface area contributed by atoms with E-state index in [0.717, 1.165) is 23.5 Å². The summed E-state index contributed by atoms with van der Waals surface area (Å²) >= 11 is 1.67. The first kappa shape index (κ1) is 21.0. The standard InChI is InChI=1S/C21H21F3N2O2S/c1-14-10-19(15(2)26(14)12-18-4-3-9-29-18)20(27)25-11-16-5-7-17(8-6-16)28-13-21(22,23)24/h3-10H,11-13H2,1-2H3,(H,25,27). The van der Waals surface area contributed by atoms with Crippen molar-refractivity contribution in [3.63, 3.8) is 0 Å². The average molecular weight is 422 g/mol. The first-order valence-electron chi connectivity index (χ1n) is 8.99. The monoisotopic (exact) mass is 422 g/mol. The number of hydrogen-bond donors (Lipinski definition) is 1. The molecule has 0 spiro atoms. The highest BCUT2D eigenvalue weighted by Gasteiger charge is 2.28. The number of carbonyl (C=O) groups excluding carboxylic acids is 1. The van der Waals surface area contributed by atoms with Crippen molar-refractivity contribution in [3.05, 3.63) is 75.2 Å². The third kappa shape index (κ3) is 5.63. The highest BCUT2D eigenvalue weighted by Crippen LogP contribution is 2.20. The molecule has 0 unspecified atom stereocenters. The molecule has 8 heteroatoms. The van der Waals surface area contributed by atoms with E-state index in [-0.39, 0.29) is 18.2 Å². The van der Waals surface area contributed by atoms with Gasteiger partial charge in [0.2, 0.25) is 0 Å². The summed E-state index contributed by atoms with van der Waals surface area (Å²) in [5.74, 6) is -0.0533. The molecule has 0 bridgehead atoms. The maximum atomic E-state index is 12.6. The van der Waals surface area contributed by atoms with Gasteiger partial charge in [0, 0.05) is 22.8 Å². The fourth-order valence-electron chi connectivity index (χ4n) is 2.98. The van der Waals surface area contributed by atoms with E-state index in [4.69, 9.17) is 0 Å². The van der Waals surface area contributed by atoms with Gasteiger partial charge < -0.3 is 14.6 Å². The van der Waals surface area contributed by atoms with E-state index in [1.807, 2.05) is 31.4 Å².